The molecule has 0 aromatic heterocycles. The first-order chi connectivity index (χ1) is 12.8. The Morgan fingerprint density at radius 3 is 2.52 bits per heavy atom. The molecule has 144 valence electrons. The Balaban J connectivity index is 1.71. The molecular formula is C21H26FN3O2. The molecule has 1 aromatic carbocycles. The molecule has 0 saturated carbocycles. The SMILES string of the molecule is CCc1cccc(C(=O)N2C[C@@H]3C[C@H]2CN3C(=O)C(C)(C)CCC#N)c1F. The summed E-state index contributed by atoms with van der Waals surface area (Å²) >= 11 is 0. The fraction of sp³-hybridized carbons (Fsp3) is 0.571. The predicted molar refractivity (Wildman–Crippen MR) is 99.3 cm³/mol. The van der Waals surface area contributed by atoms with Gasteiger partial charge >= 0.3 is 0 Å². The molecule has 2 amide bonds. The zero-order valence-corrected chi connectivity index (χ0v) is 16.2. The number of likely N-dealkylation sites (tertiary alicyclic amines) is 2. The first-order valence-corrected chi connectivity index (χ1v) is 9.56. The summed E-state index contributed by atoms with van der Waals surface area (Å²) in [5, 5.41) is 8.80. The van der Waals surface area contributed by atoms with E-state index in [0.29, 0.717) is 37.9 Å². The van der Waals surface area contributed by atoms with Crippen LogP contribution in [0.4, 0.5) is 4.39 Å². The van der Waals surface area contributed by atoms with E-state index in [2.05, 4.69) is 6.07 Å². The summed E-state index contributed by atoms with van der Waals surface area (Å²) in [4.78, 5) is 29.4. The molecule has 5 nitrogen and oxygen atoms in total. The average Bonchev–Trinajstić information content (AvgIpc) is 3.26. The van der Waals surface area contributed by atoms with Crippen LogP contribution < -0.4 is 0 Å². The number of amides is 2. The van der Waals surface area contributed by atoms with Crippen molar-refractivity contribution in [3.05, 3.63) is 35.1 Å². The maximum absolute atomic E-state index is 14.6. The van der Waals surface area contributed by atoms with E-state index in [9.17, 15) is 14.0 Å². The molecule has 0 spiro atoms. The van der Waals surface area contributed by atoms with Crippen molar-refractivity contribution >= 4 is 11.8 Å². The van der Waals surface area contributed by atoms with Crippen LogP contribution in [0.1, 0.15) is 56.0 Å². The quantitative estimate of drug-likeness (QED) is 0.799. The predicted octanol–water partition coefficient (Wildman–Crippen LogP) is 3.14. The highest BCUT2D eigenvalue weighted by Crippen LogP contribution is 2.36. The minimum atomic E-state index is -0.587. The number of rotatable bonds is 5. The number of aryl methyl sites for hydroxylation is 1. The van der Waals surface area contributed by atoms with Gasteiger partial charge in [-0.1, -0.05) is 32.9 Å². The van der Waals surface area contributed by atoms with Crippen LogP contribution in [0.5, 0.6) is 0 Å². The van der Waals surface area contributed by atoms with Crippen LogP contribution in [-0.2, 0) is 11.2 Å². The Morgan fingerprint density at radius 2 is 1.93 bits per heavy atom. The van der Waals surface area contributed by atoms with E-state index in [1.165, 1.54) is 6.07 Å². The van der Waals surface area contributed by atoms with Crippen LogP contribution in [0.25, 0.3) is 0 Å². The van der Waals surface area contributed by atoms with Crippen LogP contribution in [0, 0.1) is 22.6 Å². The van der Waals surface area contributed by atoms with Crippen molar-refractivity contribution in [2.24, 2.45) is 5.41 Å². The molecule has 0 unspecified atom stereocenters. The highest BCUT2D eigenvalue weighted by molar-refractivity contribution is 5.95. The third kappa shape index (κ3) is 3.43. The van der Waals surface area contributed by atoms with Gasteiger partial charge in [0.05, 0.1) is 23.7 Å². The molecule has 0 N–H and O–H groups in total. The second-order valence-electron chi connectivity index (χ2n) is 8.13. The molecule has 6 heteroatoms. The normalized spacial score (nSPS) is 21.4. The molecule has 2 aliphatic rings. The minimum absolute atomic E-state index is 0.0229. The van der Waals surface area contributed by atoms with Gasteiger partial charge in [-0.15, -0.1) is 0 Å². The number of nitriles is 1. The fourth-order valence-electron chi connectivity index (χ4n) is 4.20. The van der Waals surface area contributed by atoms with E-state index in [0.717, 1.165) is 6.42 Å². The molecule has 0 aliphatic carbocycles. The molecule has 2 bridgehead atoms. The maximum Gasteiger partial charge on any atom is 0.257 e. The summed E-state index contributed by atoms with van der Waals surface area (Å²) in [5.74, 6) is -0.680. The van der Waals surface area contributed by atoms with E-state index in [1.807, 2.05) is 25.7 Å². The Morgan fingerprint density at radius 1 is 1.26 bits per heavy atom. The molecular weight excluding hydrogens is 345 g/mol. The van der Waals surface area contributed by atoms with Crippen molar-refractivity contribution in [2.75, 3.05) is 13.1 Å². The number of fused-ring (bicyclic) bond motifs is 2. The van der Waals surface area contributed by atoms with Crippen LogP contribution >= 0.6 is 0 Å². The Hall–Kier alpha value is -2.42. The number of carbonyl (C=O) groups is 2. The number of benzene rings is 1. The minimum Gasteiger partial charge on any atom is -0.335 e. The van der Waals surface area contributed by atoms with Crippen LogP contribution in [0.2, 0.25) is 0 Å². The van der Waals surface area contributed by atoms with Gasteiger partial charge in [-0.25, -0.2) is 4.39 Å². The van der Waals surface area contributed by atoms with Gasteiger partial charge in [0, 0.05) is 24.9 Å². The largest absolute Gasteiger partial charge is 0.335 e. The molecule has 2 aliphatic heterocycles. The van der Waals surface area contributed by atoms with Gasteiger partial charge in [-0.05, 0) is 30.9 Å². The molecule has 2 heterocycles. The van der Waals surface area contributed by atoms with Crippen LogP contribution in [0.15, 0.2) is 18.2 Å². The van der Waals surface area contributed by atoms with Gasteiger partial charge in [-0.2, -0.15) is 5.26 Å². The van der Waals surface area contributed by atoms with Crippen LogP contribution in [-0.4, -0.2) is 46.8 Å². The molecule has 3 rings (SSSR count). The summed E-state index contributed by atoms with van der Waals surface area (Å²) < 4.78 is 14.6. The zero-order valence-electron chi connectivity index (χ0n) is 16.2. The highest BCUT2D eigenvalue weighted by atomic mass is 19.1. The molecule has 27 heavy (non-hydrogen) atoms. The monoisotopic (exact) mass is 371 g/mol. The smallest absolute Gasteiger partial charge is 0.257 e. The lowest BCUT2D eigenvalue weighted by Gasteiger charge is -2.38. The number of piperazine rings is 1. The molecule has 2 saturated heterocycles. The van der Waals surface area contributed by atoms with Crippen molar-refractivity contribution in [3.8, 4) is 6.07 Å². The maximum atomic E-state index is 14.6. The second-order valence-corrected chi connectivity index (χ2v) is 8.13. The topological polar surface area (TPSA) is 64.4 Å². The first-order valence-electron chi connectivity index (χ1n) is 9.56. The summed E-state index contributed by atoms with van der Waals surface area (Å²) in [7, 11) is 0. The number of hydrogen-bond donors (Lipinski definition) is 0. The number of carbonyl (C=O) groups excluding carboxylic acids is 2. The van der Waals surface area contributed by atoms with E-state index in [1.54, 1.807) is 17.0 Å². The standard InChI is InChI=1S/C21H26FN3O2/c1-4-14-7-5-8-17(18(14)22)19(26)24-12-16-11-15(24)13-25(16)20(27)21(2,3)9-6-10-23/h5,7-8,15-16H,4,6,9,11-13H2,1-3H3/t15-,16-/m0/s1. The van der Waals surface area contributed by atoms with E-state index < -0.39 is 11.2 Å². The molecule has 1 aromatic rings. The lowest BCUT2D eigenvalue weighted by molar-refractivity contribution is -0.142. The lowest BCUT2D eigenvalue weighted by Crippen LogP contribution is -2.53. The van der Waals surface area contributed by atoms with Crippen molar-refractivity contribution in [2.45, 2.75) is 58.5 Å². The summed E-state index contributed by atoms with van der Waals surface area (Å²) in [5.41, 5.74) is 0.0757. The van der Waals surface area contributed by atoms with Crippen molar-refractivity contribution < 1.29 is 14.0 Å². The summed E-state index contributed by atoms with van der Waals surface area (Å²) in [6.07, 6.45) is 2.15. The lowest BCUT2D eigenvalue weighted by atomic mass is 9.86. The van der Waals surface area contributed by atoms with Gasteiger partial charge in [0.15, 0.2) is 0 Å². The van der Waals surface area contributed by atoms with Gasteiger partial charge in [0.1, 0.15) is 5.82 Å². The Bertz CT molecular complexity index is 799. The Kier molecular flexibility index (Phi) is 5.23. The molecule has 2 atom stereocenters. The van der Waals surface area contributed by atoms with E-state index in [4.69, 9.17) is 5.26 Å². The van der Waals surface area contributed by atoms with Crippen LogP contribution in [0.3, 0.4) is 0 Å². The van der Waals surface area contributed by atoms with Crippen molar-refractivity contribution in [1.29, 1.82) is 5.26 Å². The molecule has 0 radical (unpaired) electrons. The third-order valence-corrected chi connectivity index (χ3v) is 5.89. The average molecular weight is 371 g/mol. The first kappa shape index (κ1) is 19.3. The number of halogens is 1. The molecule has 2 fully saturated rings. The van der Waals surface area contributed by atoms with E-state index >= 15 is 0 Å². The van der Waals surface area contributed by atoms with Crippen molar-refractivity contribution in [1.82, 2.24) is 9.80 Å². The Labute approximate surface area is 159 Å². The highest BCUT2D eigenvalue weighted by Gasteiger charge is 2.49. The number of hydrogen-bond acceptors (Lipinski definition) is 3. The van der Waals surface area contributed by atoms with Gasteiger partial charge in [0.2, 0.25) is 5.91 Å². The van der Waals surface area contributed by atoms with Crippen molar-refractivity contribution in [3.63, 3.8) is 0 Å². The third-order valence-electron chi connectivity index (χ3n) is 5.89. The summed E-state index contributed by atoms with van der Waals surface area (Å²) in [6, 6.07) is 6.97. The van der Waals surface area contributed by atoms with E-state index in [-0.39, 0.29) is 29.5 Å². The number of nitrogens with zero attached hydrogens (tertiary/aromatic N) is 3. The van der Waals surface area contributed by atoms with Gasteiger partial charge < -0.3 is 9.80 Å². The van der Waals surface area contributed by atoms with Gasteiger partial charge in [0.25, 0.3) is 5.91 Å². The second kappa shape index (κ2) is 7.30. The fourth-order valence-corrected chi connectivity index (χ4v) is 4.20. The van der Waals surface area contributed by atoms with Gasteiger partial charge in [-0.3, -0.25) is 9.59 Å². The zero-order chi connectivity index (χ0) is 19.8. The summed E-state index contributed by atoms with van der Waals surface area (Å²) in [6.45, 7) is 6.53.